The number of likely N-dealkylation sites (N-methyl/N-ethyl adjacent to an activating group) is 1. The second-order valence-electron chi connectivity index (χ2n) is 6.52. The van der Waals surface area contributed by atoms with Gasteiger partial charge >= 0.3 is 0 Å². The van der Waals surface area contributed by atoms with Gasteiger partial charge in [0.25, 0.3) is 5.91 Å². The Morgan fingerprint density at radius 3 is 2.59 bits per heavy atom. The molecule has 0 aliphatic carbocycles. The van der Waals surface area contributed by atoms with E-state index in [2.05, 4.69) is 5.32 Å². The zero-order valence-electron chi connectivity index (χ0n) is 15.1. The molecule has 0 saturated carbocycles. The van der Waals surface area contributed by atoms with Crippen LogP contribution in [0.25, 0.3) is 0 Å². The maximum atomic E-state index is 13.9. The number of carbonyl (C=O) groups is 3. The van der Waals surface area contributed by atoms with Crippen molar-refractivity contribution < 1.29 is 18.8 Å². The van der Waals surface area contributed by atoms with Crippen molar-refractivity contribution in [2.75, 3.05) is 23.8 Å². The molecular formula is C20H20FN3O3. The summed E-state index contributed by atoms with van der Waals surface area (Å²) < 4.78 is 13.9. The van der Waals surface area contributed by atoms with Crippen molar-refractivity contribution >= 4 is 29.1 Å². The van der Waals surface area contributed by atoms with Gasteiger partial charge in [-0.2, -0.15) is 0 Å². The van der Waals surface area contributed by atoms with Crippen LogP contribution in [0.15, 0.2) is 48.5 Å². The van der Waals surface area contributed by atoms with Crippen LogP contribution in [-0.4, -0.2) is 42.3 Å². The number of amides is 3. The van der Waals surface area contributed by atoms with Gasteiger partial charge in [-0.05, 0) is 31.2 Å². The zero-order chi connectivity index (χ0) is 19.6. The second-order valence-corrected chi connectivity index (χ2v) is 6.52. The summed E-state index contributed by atoms with van der Waals surface area (Å²) in [5.74, 6) is -1.74. The highest BCUT2D eigenvalue weighted by Crippen LogP contribution is 2.31. The number of benzene rings is 2. The predicted molar refractivity (Wildman–Crippen MR) is 100.0 cm³/mol. The van der Waals surface area contributed by atoms with Gasteiger partial charge in [-0.15, -0.1) is 0 Å². The van der Waals surface area contributed by atoms with Crippen LogP contribution >= 0.6 is 0 Å². The van der Waals surface area contributed by atoms with Gasteiger partial charge in [0.1, 0.15) is 12.4 Å². The van der Waals surface area contributed by atoms with Crippen molar-refractivity contribution in [3.8, 4) is 0 Å². The van der Waals surface area contributed by atoms with E-state index in [1.165, 1.54) is 35.0 Å². The molecule has 2 aromatic rings. The molecule has 3 rings (SSSR count). The number of hydrogen-bond donors (Lipinski definition) is 1. The molecule has 27 heavy (non-hydrogen) atoms. The van der Waals surface area contributed by atoms with Crippen LogP contribution < -0.4 is 10.2 Å². The molecule has 0 aromatic heterocycles. The third-order valence-electron chi connectivity index (χ3n) is 4.45. The van der Waals surface area contributed by atoms with Gasteiger partial charge in [-0.1, -0.05) is 24.3 Å². The molecule has 6 nitrogen and oxygen atoms in total. The van der Waals surface area contributed by atoms with E-state index in [4.69, 9.17) is 0 Å². The summed E-state index contributed by atoms with van der Waals surface area (Å²) in [5, 5.41) is 2.78. The number of carbonyl (C=O) groups excluding carboxylic acids is 3. The first-order chi connectivity index (χ1) is 12.9. The smallest absolute Gasteiger partial charge is 0.257 e. The number of halogens is 1. The number of fused-ring (bicyclic) bond motifs is 1. The monoisotopic (exact) mass is 369 g/mol. The Hall–Kier alpha value is -3.22. The highest BCUT2D eigenvalue weighted by Gasteiger charge is 2.30. The van der Waals surface area contributed by atoms with Crippen molar-refractivity contribution in [3.63, 3.8) is 0 Å². The van der Waals surface area contributed by atoms with Gasteiger partial charge in [0.15, 0.2) is 0 Å². The van der Waals surface area contributed by atoms with E-state index in [0.717, 1.165) is 0 Å². The van der Waals surface area contributed by atoms with Crippen LogP contribution in [0.4, 0.5) is 15.8 Å². The van der Waals surface area contributed by atoms with E-state index in [9.17, 15) is 18.8 Å². The first kappa shape index (κ1) is 18.6. The van der Waals surface area contributed by atoms with E-state index in [1.54, 1.807) is 37.3 Å². The van der Waals surface area contributed by atoms with E-state index < -0.39 is 11.7 Å². The summed E-state index contributed by atoms with van der Waals surface area (Å²) in [6.07, 6.45) is 0.144. The number of para-hydroxylation sites is 2. The maximum absolute atomic E-state index is 13.9. The first-order valence-corrected chi connectivity index (χ1v) is 8.59. The summed E-state index contributed by atoms with van der Waals surface area (Å²) >= 11 is 0. The Morgan fingerprint density at radius 1 is 1.19 bits per heavy atom. The normalized spacial score (nSPS) is 16.2. The van der Waals surface area contributed by atoms with Crippen LogP contribution in [-0.2, 0) is 9.59 Å². The first-order valence-electron chi connectivity index (χ1n) is 8.59. The Kier molecular flexibility index (Phi) is 5.21. The van der Waals surface area contributed by atoms with Gasteiger partial charge in [0.2, 0.25) is 11.8 Å². The topological polar surface area (TPSA) is 69.7 Å². The lowest BCUT2D eigenvalue weighted by molar-refractivity contribution is -0.119. The Bertz CT molecular complexity index is 900. The fraction of sp³-hybridized carbons (Fsp3) is 0.250. The molecule has 1 N–H and O–H groups in total. The fourth-order valence-electron chi connectivity index (χ4n) is 3.16. The van der Waals surface area contributed by atoms with Gasteiger partial charge in [0.05, 0.1) is 16.9 Å². The molecule has 0 fully saturated rings. The lowest BCUT2D eigenvalue weighted by Gasteiger charge is -2.29. The van der Waals surface area contributed by atoms with E-state index >= 15 is 0 Å². The van der Waals surface area contributed by atoms with E-state index in [-0.39, 0.29) is 36.4 Å². The number of nitrogens with zero attached hydrogens (tertiary/aromatic N) is 2. The van der Waals surface area contributed by atoms with Crippen LogP contribution in [0.3, 0.4) is 0 Å². The van der Waals surface area contributed by atoms with Crippen molar-refractivity contribution in [1.29, 1.82) is 0 Å². The van der Waals surface area contributed by atoms with Crippen molar-refractivity contribution in [3.05, 3.63) is 59.9 Å². The van der Waals surface area contributed by atoms with Crippen molar-refractivity contribution in [2.45, 2.75) is 19.4 Å². The molecule has 0 unspecified atom stereocenters. The average Bonchev–Trinajstić information content (AvgIpc) is 2.75. The highest BCUT2D eigenvalue weighted by molar-refractivity contribution is 6.06. The molecule has 1 aliphatic rings. The SMILES string of the molecule is C[C@H]1CC(=O)Nc2ccccc2N1C(=O)CN(C)C(=O)c1ccccc1F. The average molecular weight is 369 g/mol. The molecule has 0 saturated heterocycles. The molecule has 0 radical (unpaired) electrons. The van der Waals surface area contributed by atoms with Crippen LogP contribution in [0, 0.1) is 5.82 Å². The van der Waals surface area contributed by atoms with Crippen molar-refractivity contribution in [2.24, 2.45) is 0 Å². The molecule has 0 spiro atoms. The van der Waals surface area contributed by atoms with E-state index in [0.29, 0.717) is 11.4 Å². The van der Waals surface area contributed by atoms with Crippen LogP contribution in [0.2, 0.25) is 0 Å². The molecule has 1 atom stereocenters. The second kappa shape index (κ2) is 7.57. The minimum atomic E-state index is -0.634. The Balaban J connectivity index is 1.83. The molecule has 0 bridgehead atoms. The maximum Gasteiger partial charge on any atom is 0.257 e. The molecular weight excluding hydrogens is 349 g/mol. The largest absolute Gasteiger partial charge is 0.332 e. The summed E-state index contributed by atoms with van der Waals surface area (Å²) in [6, 6.07) is 12.3. The third kappa shape index (κ3) is 3.81. The van der Waals surface area contributed by atoms with E-state index in [1.807, 2.05) is 0 Å². The van der Waals surface area contributed by atoms with Gasteiger partial charge in [-0.3, -0.25) is 14.4 Å². The summed E-state index contributed by atoms with van der Waals surface area (Å²) in [7, 11) is 1.45. The Morgan fingerprint density at radius 2 is 1.85 bits per heavy atom. The number of nitrogens with one attached hydrogen (secondary N) is 1. The standard InChI is InChI=1S/C20H20FN3O3/c1-13-11-18(25)22-16-9-5-6-10-17(16)24(13)19(26)12-23(2)20(27)14-7-3-4-8-15(14)21/h3-10,13H,11-12H2,1-2H3,(H,22,25)/t13-/m0/s1. The molecule has 7 heteroatoms. The van der Waals surface area contributed by atoms with Gasteiger partial charge < -0.3 is 15.1 Å². The number of anilines is 2. The van der Waals surface area contributed by atoms with Crippen molar-refractivity contribution in [1.82, 2.24) is 4.90 Å². The molecule has 2 aromatic carbocycles. The number of rotatable bonds is 3. The van der Waals surface area contributed by atoms with Gasteiger partial charge in [0, 0.05) is 19.5 Å². The fourth-order valence-corrected chi connectivity index (χ4v) is 3.16. The quantitative estimate of drug-likeness (QED) is 0.904. The highest BCUT2D eigenvalue weighted by atomic mass is 19.1. The molecule has 3 amide bonds. The summed E-state index contributed by atoms with van der Waals surface area (Å²) in [4.78, 5) is 40.2. The lowest BCUT2D eigenvalue weighted by atomic mass is 10.1. The summed E-state index contributed by atoms with van der Waals surface area (Å²) in [6.45, 7) is 1.54. The summed E-state index contributed by atoms with van der Waals surface area (Å²) in [5.41, 5.74) is 1.03. The van der Waals surface area contributed by atoms with Crippen LogP contribution in [0.1, 0.15) is 23.7 Å². The van der Waals surface area contributed by atoms with Crippen LogP contribution in [0.5, 0.6) is 0 Å². The zero-order valence-corrected chi connectivity index (χ0v) is 15.1. The Labute approximate surface area is 156 Å². The lowest BCUT2D eigenvalue weighted by Crippen LogP contribution is -2.45. The minimum absolute atomic E-state index is 0.0889. The molecule has 1 aliphatic heterocycles. The third-order valence-corrected chi connectivity index (χ3v) is 4.45. The predicted octanol–water partition coefficient (Wildman–Crippen LogP) is 2.66. The van der Waals surface area contributed by atoms with Gasteiger partial charge in [-0.25, -0.2) is 4.39 Å². The minimum Gasteiger partial charge on any atom is -0.332 e. The number of hydrogen-bond acceptors (Lipinski definition) is 3. The molecule has 140 valence electrons. The molecule has 1 heterocycles.